The topological polar surface area (TPSA) is 48.5 Å². The number of carbonyl (C=O) groups is 1. The van der Waals surface area contributed by atoms with Gasteiger partial charge in [0.1, 0.15) is 5.82 Å². The fourth-order valence-corrected chi connectivity index (χ4v) is 3.71. The number of hydrogen-bond acceptors (Lipinski definition) is 4. The van der Waals surface area contributed by atoms with E-state index in [1.54, 1.807) is 12.3 Å². The second-order valence-electron chi connectivity index (χ2n) is 7.42. The molecule has 0 bridgehead atoms. The minimum Gasteiger partial charge on any atom is -0.368 e. The minimum absolute atomic E-state index is 0.117. The van der Waals surface area contributed by atoms with Gasteiger partial charge in [0.05, 0.1) is 0 Å². The maximum absolute atomic E-state index is 12.6. The number of para-hydroxylation sites is 1. The molecule has 4 rings (SSSR count). The van der Waals surface area contributed by atoms with E-state index in [0.717, 1.165) is 37.7 Å². The van der Waals surface area contributed by atoms with Crippen LogP contribution in [0.25, 0.3) is 0 Å². The highest BCUT2D eigenvalue weighted by Crippen LogP contribution is 2.25. The molecule has 1 aliphatic heterocycles. The molecule has 5 nitrogen and oxygen atoms in total. The number of nitrogens with zero attached hydrogens (tertiary/aromatic N) is 3. The summed E-state index contributed by atoms with van der Waals surface area (Å²) in [6.07, 6.45) is 1.71. The van der Waals surface area contributed by atoms with Gasteiger partial charge in [-0.25, -0.2) is 4.98 Å². The Balaban J connectivity index is 1.43. The average molecular weight is 386 g/mol. The Morgan fingerprint density at radius 2 is 1.62 bits per heavy atom. The Labute approximate surface area is 172 Å². The van der Waals surface area contributed by atoms with Gasteiger partial charge in [-0.1, -0.05) is 30.3 Å². The Hall–Kier alpha value is -3.34. The van der Waals surface area contributed by atoms with Crippen LogP contribution in [0.4, 0.5) is 17.2 Å². The van der Waals surface area contributed by atoms with Crippen LogP contribution in [0.2, 0.25) is 0 Å². The molecule has 0 saturated carbocycles. The zero-order valence-corrected chi connectivity index (χ0v) is 16.9. The molecule has 2 heterocycles. The van der Waals surface area contributed by atoms with Gasteiger partial charge < -0.3 is 15.1 Å². The number of aryl methyl sites for hydroxylation is 1. The molecule has 1 N–H and O–H groups in total. The molecule has 1 fully saturated rings. The normalized spacial score (nSPS) is 14.0. The van der Waals surface area contributed by atoms with Gasteiger partial charge in [0.25, 0.3) is 5.91 Å². The van der Waals surface area contributed by atoms with Crippen LogP contribution >= 0.6 is 0 Å². The standard InChI is InChI=1S/C24H26N4O/c1-18-7-6-10-22(19(18)2)27-13-15-28(16-14-27)23-17-20(11-12-25-23)24(29)26-21-8-4-3-5-9-21/h3-12,17H,13-16H2,1-2H3,(H,26,29). The SMILES string of the molecule is Cc1cccc(N2CCN(c3cc(C(=O)Nc4ccccc4)ccn3)CC2)c1C. The lowest BCUT2D eigenvalue weighted by molar-refractivity contribution is 0.102. The van der Waals surface area contributed by atoms with E-state index < -0.39 is 0 Å². The number of benzene rings is 2. The minimum atomic E-state index is -0.117. The van der Waals surface area contributed by atoms with Crippen LogP contribution in [0.5, 0.6) is 0 Å². The molecular formula is C24H26N4O. The van der Waals surface area contributed by atoms with E-state index in [0.29, 0.717) is 5.56 Å². The Kier molecular flexibility index (Phi) is 5.47. The Bertz CT molecular complexity index is 995. The number of anilines is 3. The van der Waals surface area contributed by atoms with Crippen molar-refractivity contribution in [1.82, 2.24) is 4.98 Å². The summed E-state index contributed by atoms with van der Waals surface area (Å²) in [5, 5.41) is 2.93. The Morgan fingerprint density at radius 1 is 0.897 bits per heavy atom. The third-order valence-corrected chi connectivity index (χ3v) is 5.56. The van der Waals surface area contributed by atoms with E-state index in [1.165, 1.54) is 16.8 Å². The number of nitrogens with one attached hydrogen (secondary N) is 1. The summed E-state index contributed by atoms with van der Waals surface area (Å²) in [5.74, 6) is 0.736. The maximum Gasteiger partial charge on any atom is 0.255 e. The largest absolute Gasteiger partial charge is 0.368 e. The third-order valence-electron chi connectivity index (χ3n) is 5.56. The zero-order valence-electron chi connectivity index (χ0n) is 16.9. The lowest BCUT2D eigenvalue weighted by Gasteiger charge is -2.37. The van der Waals surface area contributed by atoms with Crippen molar-refractivity contribution in [2.45, 2.75) is 13.8 Å². The van der Waals surface area contributed by atoms with Crippen molar-refractivity contribution in [2.24, 2.45) is 0 Å². The molecule has 29 heavy (non-hydrogen) atoms. The van der Waals surface area contributed by atoms with Crippen LogP contribution in [0.3, 0.4) is 0 Å². The van der Waals surface area contributed by atoms with Crippen molar-refractivity contribution < 1.29 is 4.79 Å². The molecule has 2 aromatic carbocycles. The summed E-state index contributed by atoms with van der Waals surface area (Å²) in [7, 11) is 0. The van der Waals surface area contributed by atoms with E-state index in [2.05, 4.69) is 52.1 Å². The molecule has 3 aromatic rings. The molecule has 1 amide bonds. The van der Waals surface area contributed by atoms with E-state index in [4.69, 9.17) is 0 Å². The van der Waals surface area contributed by atoms with Gasteiger partial charge >= 0.3 is 0 Å². The second-order valence-corrected chi connectivity index (χ2v) is 7.42. The van der Waals surface area contributed by atoms with Crippen molar-refractivity contribution in [3.63, 3.8) is 0 Å². The summed E-state index contributed by atoms with van der Waals surface area (Å²) >= 11 is 0. The number of amides is 1. The number of pyridine rings is 1. The van der Waals surface area contributed by atoms with E-state index >= 15 is 0 Å². The molecule has 148 valence electrons. The fourth-order valence-electron chi connectivity index (χ4n) is 3.71. The molecule has 1 aliphatic rings. The molecule has 5 heteroatoms. The summed E-state index contributed by atoms with van der Waals surface area (Å²) in [6.45, 7) is 7.98. The van der Waals surface area contributed by atoms with Crippen LogP contribution in [0.1, 0.15) is 21.5 Å². The maximum atomic E-state index is 12.6. The van der Waals surface area contributed by atoms with Crippen LogP contribution < -0.4 is 15.1 Å². The fraction of sp³-hybridized carbons (Fsp3) is 0.250. The quantitative estimate of drug-likeness (QED) is 0.727. The van der Waals surface area contributed by atoms with Crippen molar-refractivity contribution in [2.75, 3.05) is 41.3 Å². The van der Waals surface area contributed by atoms with Gasteiger partial charge in [0, 0.05) is 49.3 Å². The number of carbonyl (C=O) groups excluding carboxylic acids is 1. The van der Waals surface area contributed by atoms with Crippen molar-refractivity contribution >= 4 is 23.1 Å². The zero-order chi connectivity index (χ0) is 20.2. The summed E-state index contributed by atoms with van der Waals surface area (Å²) < 4.78 is 0. The smallest absolute Gasteiger partial charge is 0.255 e. The first-order valence-electron chi connectivity index (χ1n) is 10.0. The number of rotatable bonds is 4. The van der Waals surface area contributed by atoms with Gasteiger partial charge in [0.2, 0.25) is 0 Å². The second kappa shape index (κ2) is 8.35. The van der Waals surface area contributed by atoms with Crippen LogP contribution in [0.15, 0.2) is 66.9 Å². The van der Waals surface area contributed by atoms with Gasteiger partial charge in [-0.2, -0.15) is 0 Å². The monoisotopic (exact) mass is 386 g/mol. The average Bonchev–Trinajstić information content (AvgIpc) is 2.77. The summed E-state index contributed by atoms with van der Waals surface area (Å²) in [6, 6.07) is 19.6. The van der Waals surface area contributed by atoms with E-state index in [-0.39, 0.29) is 5.91 Å². The van der Waals surface area contributed by atoms with Gasteiger partial charge in [-0.15, -0.1) is 0 Å². The molecule has 1 aromatic heterocycles. The van der Waals surface area contributed by atoms with Crippen molar-refractivity contribution in [3.8, 4) is 0 Å². The molecule has 0 radical (unpaired) electrons. The van der Waals surface area contributed by atoms with Gasteiger partial charge in [0.15, 0.2) is 0 Å². The number of hydrogen-bond donors (Lipinski definition) is 1. The predicted octanol–water partition coefficient (Wildman–Crippen LogP) is 4.28. The highest BCUT2D eigenvalue weighted by atomic mass is 16.1. The van der Waals surface area contributed by atoms with Gasteiger partial charge in [-0.05, 0) is 55.3 Å². The Morgan fingerprint density at radius 3 is 2.38 bits per heavy atom. The lowest BCUT2D eigenvalue weighted by atomic mass is 10.1. The van der Waals surface area contributed by atoms with Crippen molar-refractivity contribution in [3.05, 3.63) is 83.6 Å². The van der Waals surface area contributed by atoms with Gasteiger partial charge in [-0.3, -0.25) is 4.79 Å². The van der Waals surface area contributed by atoms with Crippen LogP contribution in [-0.2, 0) is 0 Å². The van der Waals surface area contributed by atoms with E-state index in [9.17, 15) is 4.79 Å². The highest BCUT2D eigenvalue weighted by Gasteiger charge is 2.20. The molecule has 0 unspecified atom stereocenters. The first kappa shape index (κ1) is 19.0. The van der Waals surface area contributed by atoms with Crippen LogP contribution in [0, 0.1) is 13.8 Å². The molecule has 1 saturated heterocycles. The predicted molar refractivity (Wildman–Crippen MR) is 119 cm³/mol. The van der Waals surface area contributed by atoms with Crippen LogP contribution in [-0.4, -0.2) is 37.1 Å². The molecule has 0 aliphatic carbocycles. The van der Waals surface area contributed by atoms with Crippen molar-refractivity contribution in [1.29, 1.82) is 0 Å². The molecular weight excluding hydrogens is 360 g/mol. The third kappa shape index (κ3) is 4.24. The molecule has 0 spiro atoms. The molecule has 0 atom stereocenters. The number of piperazine rings is 1. The summed E-state index contributed by atoms with van der Waals surface area (Å²) in [4.78, 5) is 21.8. The highest BCUT2D eigenvalue weighted by molar-refractivity contribution is 6.04. The lowest BCUT2D eigenvalue weighted by Crippen LogP contribution is -2.47. The number of aromatic nitrogens is 1. The summed E-state index contributed by atoms with van der Waals surface area (Å²) in [5.41, 5.74) is 5.39. The van der Waals surface area contributed by atoms with E-state index in [1.807, 2.05) is 36.4 Å². The first-order chi connectivity index (χ1) is 14.1. The first-order valence-corrected chi connectivity index (χ1v) is 10.0.